The fourth-order valence-corrected chi connectivity index (χ4v) is 1.85. The van der Waals surface area contributed by atoms with Gasteiger partial charge in [0.05, 0.1) is 0 Å². The molecule has 0 aromatic heterocycles. The fraction of sp³-hybridized carbons (Fsp3) is 0.400. The molecule has 0 aliphatic carbocycles. The molecule has 14 heavy (non-hydrogen) atoms. The molecular formula is C10H12F2N2. The van der Waals surface area contributed by atoms with Gasteiger partial charge in [0.2, 0.25) is 0 Å². The molecule has 0 amide bonds. The third kappa shape index (κ3) is 1.76. The zero-order valence-electron chi connectivity index (χ0n) is 7.63. The van der Waals surface area contributed by atoms with E-state index in [4.69, 9.17) is 5.73 Å². The van der Waals surface area contributed by atoms with Crippen LogP contribution in [0.1, 0.15) is 11.5 Å². The quantitative estimate of drug-likeness (QED) is 0.706. The molecule has 1 aliphatic rings. The number of halogens is 2. The molecule has 1 aromatic carbocycles. The van der Waals surface area contributed by atoms with Gasteiger partial charge in [0.1, 0.15) is 11.6 Å². The maximum absolute atomic E-state index is 12.9. The highest BCUT2D eigenvalue weighted by molar-refractivity contribution is 5.25. The van der Waals surface area contributed by atoms with Crippen LogP contribution < -0.4 is 11.1 Å². The van der Waals surface area contributed by atoms with Crippen LogP contribution in [0.4, 0.5) is 8.78 Å². The minimum absolute atomic E-state index is 0.0141. The molecule has 2 rings (SSSR count). The molecule has 2 unspecified atom stereocenters. The van der Waals surface area contributed by atoms with Crippen LogP contribution in [0, 0.1) is 11.6 Å². The highest BCUT2D eigenvalue weighted by atomic mass is 19.1. The Kier molecular flexibility index (Phi) is 2.48. The molecule has 0 bridgehead atoms. The summed E-state index contributed by atoms with van der Waals surface area (Å²) in [6.45, 7) is 1.38. The highest BCUT2D eigenvalue weighted by Gasteiger charge is 2.25. The van der Waals surface area contributed by atoms with Crippen molar-refractivity contribution in [3.63, 3.8) is 0 Å². The number of benzene rings is 1. The molecule has 0 spiro atoms. The molecule has 1 heterocycles. The van der Waals surface area contributed by atoms with E-state index in [0.29, 0.717) is 18.7 Å². The average molecular weight is 198 g/mol. The van der Waals surface area contributed by atoms with Crippen molar-refractivity contribution < 1.29 is 8.78 Å². The SMILES string of the molecule is NC1CNCC1c1cc(F)cc(F)c1. The molecule has 1 fully saturated rings. The van der Waals surface area contributed by atoms with Gasteiger partial charge in [0.25, 0.3) is 0 Å². The predicted octanol–water partition coefficient (Wildman–Crippen LogP) is 0.979. The van der Waals surface area contributed by atoms with Crippen molar-refractivity contribution in [2.45, 2.75) is 12.0 Å². The minimum atomic E-state index is -0.543. The van der Waals surface area contributed by atoms with E-state index < -0.39 is 11.6 Å². The van der Waals surface area contributed by atoms with Crippen molar-refractivity contribution in [3.05, 3.63) is 35.4 Å². The largest absolute Gasteiger partial charge is 0.326 e. The van der Waals surface area contributed by atoms with Crippen LogP contribution in [0.5, 0.6) is 0 Å². The Bertz CT molecular complexity index is 321. The van der Waals surface area contributed by atoms with Crippen LogP contribution in [0.3, 0.4) is 0 Å². The van der Waals surface area contributed by atoms with E-state index >= 15 is 0 Å². The zero-order valence-corrected chi connectivity index (χ0v) is 7.63. The second kappa shape index (κ2) is 3.63. The summed E-state index contributed by atoms with van der Waals surface area (Å²) in [7, 11) is 0. The lowest BCUT2D eigenvalue weighted by Gasteiger charge is -2.14. The number of rotatable bonds is 1. The van der Waals surface area contributed by atoms with Crippen LogP contribution >= 0.6 is 0 Å². The van der Waals surface area contributed by atoms with Gasteiger partial charge in [-0.05, 0) is 17.7 Å². The third-order valence-corrected chi connectivity index (χ3v) is 2.57. The van der Waals surface area contributed by atoms with Crippen molar-refractivity contribution in [2.75, 3.05) is 13.1 Å². The van der Waals surface area contributed by atoms with Crippen LogP contribution in [0.15, 0.2) is 18.2 Å². The van der Waals surface area contributed by atoms with Gasteiger partial charge < -0.3 is 11.1 Å². The lowest BCUT2D eigenvalue weighted by Crippen LogP contribution is -2.27. The summed E-state index contributed by atoms with van der Waals surface area (Å²) < 4.78 is 25.8. The summed E-state index contributed by atoms with van der Waals surface area (Å²) >= 11 is 0. The van der Waals surface area contributed by atoms with E-state index in [1.165, 1.54) is 12.1 Å². The molecule has 1 saturated heterocycles. The van der Waals surface area contributed by atoms with Gasteiger partial charge in [-0.1, -0.05) is 0 Å². The first-order chi connectivity index (χ1) is 6.66. The number of hydrogen-bond acceptors (Lipinski definition) is 2. The molecule has 0 radical (unpaired) electrons. The molecular weight excluding hydrogens is 186 g/mol. The standard InChI is InChI=1S/C10H12F2N2/c11-7-1-6(2-8(12)3-7)9-4-14-5-10(9)13/h1-3,9-10,14H,4-5,13H2. The normalized spacial score (nSPS) is 26.8. The molecule has 4 heteroatoms. The monoisotopic (exact) mass is 198 g/mol. The van der Waals surface area contributed by atoms with Crippen molar-refractivity contribution >= 4 is 0 Å². The Balaban J connectivity index is 2.31. The second-order valence-corrected chi connectivity index (χ2v) is 3.63. The summed E-state index contributed by atoms with van der Waals surface area (Å²) in [5.74, 6) is -1.07. The van der Waals surface area contributed by atoms with Crippen molar-refractivity contribution in [1.29, 1.82) is 0 Å². The topological polar surface area (TPSA) is 38.0 Å². The Morgan fingerprint density at radius 1 is 1.14 bits per heavy atom. The zero-order chi connectivity index (χ0) is 10.1. The summed E-state index contributed by atoms with van der Waals surface area (Å²) in [6.07, 6.45) is 0. The Labute approximate surface area is 81.1 Å². The lowest BCUT2D eigenvalue weighted by atomic mass is 9.95. The number of nitrogens with two attached hydrogens (primary N) is 1. The Morgan fingerprint density at radius 3 is 2.29 bits per heavy atom. The smallest absolute Gasteiger partial charge is 0.126 e. The highest BCUT2D eigenvalue weighted by Crippen LogP contribution is 2.23. The van der Waals surface area contributed by atoms with E-state index in [0.717, 1.165) is 6.07 Å². The lowest BCUT2D eigenvalue weighted by molar-refractivity contribution is 0.568. The first-order valence-electron chi connectivity index (χ1n) is 4.59. The molecule has 76 valence electrons. The number of nitrogens with one attached hydrogen (secondary N) is 1. The van der Waals surface area contributed by atoms with E-state index in [9.17, 15) is 8.78 Å². The Hall–Kier alpha value is -1.00. The fourth-order valence-electron chi connectivity index (χ4n) is 1.85. The maximum Gasteiger partial charge on any atom is 0.126 e. The second-order valence-electron chi connectivity index (χ2n) is 3.63. The minimum Gasteiger partial charge on any atom is -0.326 e. The van der Waals surface area contributed by atoms with Crippen LogP contribution in [-0.4, -0.2) is 19.1 Å². The first kappa shape index (κ1) is 9.55. The van der Waals surface area contributed by atoms with Gasteiger partial charge in [0.15, 0.2) is 0 Å². The van der Waals surface area contributed by atoms with Crippen molar-refractivity contribution in [3.8, 4) is 0 Å². The van der Waals surface area contributed by atoms with Gasteiger partial charge in [-0.2, -0.15) is 0 Å². The summed E-state index contributed by atoms with van der Waals surface area (Å²) in [5, 5.41) is 3.09. The van der Waals surface area contributed by atoms with Gasteiger partial charge >= 0.3 is 0 Å². The van der Waals surface area contributed by atoms with Crippen molar-refractivity contribution in [1.82, 2.24) is 5.32 Å². The van der Waals surface area contributed by atoms with Gasteiger partial charge in [-0.15, -0.1) is 0 Å². The van der Waals surface area contributed by atoms with Crippen LogP contribution in [-0.2, 0) is 0 Å². The summed E-state index contributed by atoms with van der Waals surface area (Å²) in [6, 6.07) is 3.51. The average Bonchev–Trinajstić information content (AvgIpc) is 2.49. The third-order valence-electron chi connectivity index (χ3n) is 2.57. The van der Waals surface area contributed by atoms with Crippen molar-refractivity contribution in [2.24, 2.45) is 5.73 Å². The van der Waals surface area contributed by atoms with E-state index in [1.54, 1.807) is 0 Å². The van der Waals surface area contributed by atoms with E-state index in [2.05, 4.69) is 5.32 Å². The van der Waals surface area contributed by atoms with Gasteiger partial charge in [-0.3, -0.25) is 0 Å². The first-order valence-corrected chi connectivity index (χ1v) is 4.59. The predicted molar refractivity (Wildman–Crippen MR) is 49.9 cm³/mol. The van der Waals surface area contributed by atoms with Crippen LogP contribution in [0.2, 0.25) is 0 Å². The molecule has 1 aliphatic heterocycles. The van der Waals surface area contributed by atoms with Crippen LogP contribution in [0.25, 0.3) is 0 Å². The molecule has 2 nitrogen and oxygen atoms in total. The molecule has 0 saturated carbocycles. The molecule has 2 atom stereocenters. The van der Waals surface area contributed by atoms with E-state index in [1.807, 2.05) is 0 Å². The number of hydrogen-bond donors (Lipinski definition) is 2. The Morgan fingerprint density at radius 2 is 1.79 bits per heavy atom. The van der Waals surface area contributed by atoms with Gasteiger partial charge in [-0.25, -0.2) is 8.78 Å². The molecule has 1 aromatic rings. The summed E-state index contributed by atoms with van der Waals surface area (Å²) in [4.78, 5) is 0. The molecule has 3 N–H and O–H groups in total. The maximum atomic E-state index is 12.9. The summed E-state index contributed by atoms with van der Waals surface area (Å²) in [5.41, 5.74) is 6.44. The van der Waals surface area contributed by atoms with E-state index in [-0.39, 0.29) is 12.0 Å². The van der Waals surface area contributed by atoms with Gasteiger partial charge in [0, 0.05) is 31.1 Å².